The van der Waals surface area contributed by atoms with Gasteiger partial charge in [0.25, 0.3) is 11.5 Å². The van der Waals surface area contributed by atoms with Crippen molar-refractivity contribution in [1.82, 2.24) is 24.6 Å². The number of amides is 1. The number of carbonyl (C=O) groups excluding carboxylic acids is 1. The third-order valence-corrected chi connectivity index (χ3v) is 5.05. The molecule has 0 aliphatic carbocycles. The summed E-state index contributed by atoms with van der Waals surface area (Å²) in [6.45, 7) is 4.04. The summed E-state index contributed by atoms with van der Waals surface area (Å²) < 4.78 is 1.35. The van der Waals surface area contributed by atoms with Crippen LogP contribution in [0.4, 0.5) is 0 Å². The first-order valence-corrected chi connectivity index (χ1v) is 9.72. The quantitative estimate of drug-likeness (QED) is 0.664. The Balaban J connectivity index is 1.40. The normalized spacial score (nSPS) is 14.7. The highest BCUT2D eigenvalue weighted by Crippen LogP contribution is 2.10. The topological polar surface area (TPSA) is 71.3 Å². The lowest BCUT2D eigenvalue weighted by molar-refractivity contribution is 0.0620. The van der Waals surface area contributed by atoms with Gasteiger partial charge in [-0.05, 0) is 23.3 Å². The monoisotopic (exact) mass is 389 g/mol. The molecule has 1 aromatic carbocycles. The zero-order valence-electron chi connectivity index (χ0n) is 16.1. The van der Waals surface area contributed by atoms with E-state index in [0.717, 1.165) is 25.2 Å². The Morgan fingerprint density at radius 3 is 2.34 bits per heavy atom. The van der Waals surface area contributed by atoms with Crippen LogP contribution in [0.5, 0.6) is 0 Å². The van der Waals surface area contributed by atoms with Crippen molar-refractivity contribution in [1.29, 1.82) is 0 Å². The first-order chi connectivity index (χ1) is 14.2. The van der Waals surface area contributed by atoms with Gasteiger partial charge >= 0.3 is 0 Å². The number of pyridine rings is 1. The molecule has 0 atom stereocenters. The van der Waals surface area contributed by atoms with Crippen molar-refractivity contribution in [3.8, 4) is 0 Å². The molecular formula is C22H23N5O2. The molecule has 29 heavy (non-hydrogen) atoms. The SMILES string of the molecule is O=C(c1ccc(=O)n(Cc2ccccc2)n1)N1CCN(Cc2cccnc2)CC1. The van der Waals surface area contributed by atoms with Gasteiger partial charge in [-0.2, -0.15) is 5.10 Å². The van der Waals surface area contributed by atoms with Gasteiger partial charge < -0.3 is 4.90 Å². The molecule has 4 rings (SSSR count). The number of hydrogen-bond donors (Lipinski definition) is 0. The largest absolute Gasteiger partial charge is 0.335 e. The second-order valence-electron chi connectivity index (χ2n) is 7.13. The Morgan fingerprint density at radius 1 is 0.862 bits per heavy atom. The van der Waals surface area contributed by atoms with Crippen molar-refractivity contribution in [3.63, 3.8) is 0 Å². The van der Waals surface area contributed by atoms with E-state index in [2.05, 4.69) is 21.0 Å². The molecule has 1 fully saturated rings. The average molecular weight is 389 g/mol. The Bertz CT molecular complexity index is 1010. The van der Waals surface area contributed by atoms with E-state index in [1.165, 1.54) is 22.4 Å². The number of piperazine rings is 1. The van der Waals surface area contributed by atoms with Gasteiger partial charge in [-0.1, -0.05) is 36.4 Å². The lowest BCUT2D eigenvalue weighted by atomic mass is 10.2. The van der Waals surface area contributed by atoms with Crippen molar-refractivity contribution < 1.29 is 4.79 Å². The van der Waals surface area contributed by atoms with Crippen LogP contribution in [0.3, 0.4) is 0 Å². The van der Waals surface area contributed by atoms with E-state index in [9.17, 15) is 9.59 Å². The van der Waals surface area contributed by atoms with E-state index in [-0.39, 0.29) is 11.5 Å². The fourth-order valence-electron chi connectivity index (χ4n) is 3.45. The van der Waals surface area contributed by atoms with Crippen LogP contribution < -0.4 is 5.56 Å². The number of hydrogen-bond acceptors (Lipinski definition) is 5. The molecule has 148 valence electrons. The van der Waals surface area contributed by atoms with E-state index < -0.39 is 0 Å². The maximum Gasteiger partial charge on any atom is 0.274 e. The van der Waals surface area contributed by atoms with Crippen LogP contribution in [-0.2, 0) is 13.1 Å². The molecule has 3 aromatic rings. The second kappa shape index (κ2) is 8.79. The van der Waals surface area contributed by atoms with Crippen molar-refractivity contribution in [3.05, 3.63) is 94.2 Å². The molecule has 3 heterocycles. The van der Waals surface area contributed by atoms with Gasteiger partial charge in [0.15, 0.2) is 0 Å². The summed E-state index contributed by atoms with van der Waals surface area (Å²) in [4.78, 5) is 33.3. The lowest BCUT2D eigenvalue weighted by Gasteiger charge is -2.34. The standard InChI is InChI=1S/C22H23N5O2/c28-21-9-8-20(24-27(21)17-18-5-2-1-3-6-18)22(29)26-13-11-25(12-14-26)16-19-7-4-10-23-15-19/h1-10,15H,11-14,16-17H2. The molecule has 7 heteroatoms. The Hall–Kier alpha value is -3.32. The van der Waals surface area contributed by atoms with Crippen LogP contribution in [-0.4, -0.2) is 56.7 Å². The molecule has 0 N–H and O–H groups in total. The highest BCUT2D eigenvalue weighted by molar-refractivity contribution is 5.92. The van der Waals surface area contributed by atoms with Gasteiger partial charge in [-0.25, -0.2) is 4.68 Å². The molecule has 0 bridgehead atoms. The maximum atomic E-state index is 12.9. The van der Waals surface area contributed by atoms with E-state index >= 15 is 0 Å². The predicted molar refractivity (Wildman–Crippen MR) is 109 cm³/mol. The number of carbonyl (C=O) groups is 1. The van der Waals surface area contributed by atoms with Crippen LogP contribution >= 0.6 is 0 Å². The van der Waals surface area contributed by atoms with Crippen LogP contribution in [0, 0.1) is 0 Å². The van der Waals surface area contributed by atoms with Crippen molar-refractivity contribution >= 4 is 5.91 Å². The van der Waals surface area contributed by atoms with Crippen LogP contribution in [0.2, 0.25) is 0 Å². The van der Waals surface area contributed by atoms with Crippen molar-refractivity contribution in [2.45, 2.75) is 13.1 Å². The van der Waals surface area contributed by atoms with E-state index in [0.29, 0.717) is 25.3 Å². The average Bonchev–Trinajstić information content (AvgIpc) is 2.77. The highest BCUT2D eigenvalue weighted by atomic mass is 16.2. The third kappa shape index (κ3) is 4.75. The predicted octanol–water partition coefficient (Wildman–Crippen LogP) is 1.64. The molecular weight excluding hydrogens is 366 g/mol. The molecule has 2 aromatic heterocycles. The first kappa shape index (κ1) is 19.0. The van der Waals surface area contributed by atoms with Gasteiger partial charge in [-0.15, -0.1) is 0 Å². The van der Waals surface area contributed by atoms with Gasteiger partial charge in [0, 0.05) is 51.2 Å². The minimum Gasteiger partial charge on any atom is -0.335 e. The van der Waals surface area contributed by atoms with Crippen molar-refractivity contribution in [2.75, 3.05) is 26.2 Å². The molecule has 7 nitrogen and oxygen atoms in total. The molecule has 0 saturated carbocycles. The van der Waals surface area contributed by atoms with Crippen molar-refractivity contribution in [2.24, 2.45) is 0 Å². The van der Waals surface area contributed by atoms with Crippen LogP contribution in [0.15, 0.2) is 71.8 Å². The third-order valence-electron chi connectivity index (χ3n) is 5.05. The van der Waals surface area contributed by atoms with Crippen LogP contribution in [0.1, 0.15) is 21.6 Å². The summed E-state index contributed by atoms with van der Waals surface area (Å²) >= 11 is 0. The maximum absolute atomic E-state index is 12.9. The number of aromatic nitrogens is 3. The van der Waals surface area contributed by atoms with Gasteiger partial charge in [0.05, 0.1) is 6.54 Å². The number of nitrogens with zero attached hydrogens (tertiary/aromatic N) is 5. The summed E-state index contributed by atoms with van der Waals surface area (Å²) in [6.07, 6.45) is 3.64. The highest BCUT2D eigenvalue weighted by Gasteiger charge is 2.23. The Morgan fingerprint density at radius 2 is 1.62 bits per heavy atom. The minimum absolute atomic E-state index is 0.132. The molecule has 0 spiro atoms. The molecule has 0 unspecified atom stereocenters. The molecule has 1 aliphatic heterocycles. The Labute approximate surface area is 169 Å². The smallest absolute Gasteiger partial charge is 0.274 e. The van der Waals surface area contributed by atoms with Crippen LogP contribution in [0.25, 0.3) is 0 Å². The molecule has 1 aliphatic rings. The fraction of sp³-hybridized carbons (Fsp3) is 0.273. The number of rotatable bonds is 5. The Kier molecular flexibility index (Phi) is 5.76. The molecule has 0 radical (unpaired) electrons. The lowest BCUT2D eigenvalue weighted by Crippen LogP contribution is -2.48. The fourth-order valence-corrected chi connectivity index (χ4v) is 3.45. The number of benzene rings is 1. The van der Waals surface area contributed by atoms with Gasteiger partial charge in [0.1, 0.15) is 5.69 Å². The van der Waals surface area contributed by atoms with Gasteiger partial charge in [0.2, 0.25) is 0 Å². The second-order valence-corrected chi connectivity index (χ2v) is 7.13. The summed E-state index contributed by atoms with van der Waals surface area (Å²) in [5.74, 6) is -0.132. The summed E-state index contributed by atoms with van der Waals surface area (Å²) in [7, 11) is 0. The first-order valence-electron chi connectivity index (χ1n) is 9.72. The zero-order chi connectivity index (χ0) is 20.1. The minimum atomic E-state index is -0.216. The van der Waals surface area contributed by atoms with Gasteiger partial charge in [-0.3, -0.25) is 19.5 Å². The summed E-state index contributed by atoms with van der Waals surface area (Å²) in [6, 6.07) is 16.6. The summed E-state index contributed by atoms with van der Waals surface area (Å²) in [5.41, 5.74) is 2.23. The van der Waals surface area contributed by atoms with E-state index in [4.69, 9.17) is 0 Å². The summed E-state index contributed by atoms with van der Waals surface area (Å²) in [5, 5.41) is 4.32. The molecule has 1 saturated heterocycles. The zero-order valence-corrected chi connectivity index (χ0v) is 16.1. The van der Waals surface area contributed by atoms with E-state index in [1.54, 1.807) is 11.1 Å². The molecule has 1 amide bonds. The van der Waals surface area contributed by atoms with E-state index in [1.807, 2.05) is 42.6 Å².